The lowest BCUT2D eigenvalue weighted by atomic mass is 9.95. The Morgan fingerprint density at radius 1 is 1.10 bits per heavy atom. The third-order valence-electron chi connectivity index (χ3n) is 3.87. The first kappa shape index (κ1) is 15.7. The highest BCUT2D eigenvalue weighted by atomic mass is 19.1. The maximum Gasteiger partial charge on any atom is 0.123 e. The summed E-state index contributed by atoms with van der Waals surface area (Å²) in [6.07, 6.45) is 1.97. The van der Waals surface area contributed by atoms with Crippen LogP contribution in [0.3, 0.4) is 0 Å². The van der Waals surface area contributed by atoms with Crippen molar-refractivity contribution in [3.63, 3.8) is 0 Å². The molecule has 0 saturated carbocycles. The van der Waals surface area contributed by atoms with E-state index in [1.165, 1.54) is 17.2 Å². The number of aryl methyl sites for hydroxylation is 3. The number of rotatable bonds is 6. The summed E-state index contributed by atoms with van der Waals surface area (Å²) in [5, 5.41) is 3.49. The molecule has 0 aliphatic rings. The maximum absolute atomic E-state index is 13.5. The highest BCUT2D eigenvalue weighted by Crippen LogP contribution is 2.23. The summed E-state index contributed by atoms with van der Waals surface area (Å²) in [4.78, 5) is 0. The largest absolute Gasteiger partial charge is 0.310 e. The number of hydrogen-bond donors (Lipinski definition) is 1. The van der Waals surface area contributed by atoms with Gasteiger partial charge in [0.1, 0.15) is 5.82 Å². The Morgan fingerprint density at radius 3 is 2.62 bits per heavy atom. The van der Waals surface area contributed by atoms with Crippen molar-refractivity contribution in [1.29, 1.82) is 0 Å². The molecule has 0 heterocycles. The highest BCUT2D eigenvalue weighted by Gasteiger charge is 2.13. The van der Waals surface area contributed by atoms with Crippen molar-refractivity contribution >= 4 is 0 Å². The van der Waals surface area contributed by atoms with Gasteiger partial charge >= 0.3 is 0 Å². The summed E-state index contributed by atoms with van der Waals surface area (Å²) < 4.78 is 13.5. The summed E-state index contributed by atoms with van der Waals surface area (Å²) in [6, 6.07) is 13.9. The average molecular weight is 285 g/mol. The van der Waals surface area contributed by atoms with E-state index >= 15 is 0 Å². The molecule has 2 aromatic carbocycles. The van der Waals surface area contributed by atoms with Gasteiger partial charge in [0.25, 0.3) is 0 Å². The van der Waals surface area contributed by atoms with E-state index in [4.69, 9.17) is 0 Å². The SMILES string of the molecule is CCNC(CCc1cccc(C)c1)c1cc(F)ccc1C. The molecule has 2 heteroatoms. The molecule has 0 aliphatic heterocycles. The van der Waals surface area contributed by atoms with Crippen molar-refractivity contribution in [3.8, 4) is 0 Å². The maximum atomic E-state index is 13.5. The molecule has 0 fully saturated rings. The molecule has 0 saturated heterocycles. The minimum atomic E-state index is -0.158. The Kier molecular flexibility index (Phi) is 5.51. The van der Waals surface area contributed by atoms with Gasteiger partial charge in [-0.1, -0.05) is 42.8 Å². The third kappa shape index (κ3) is 4.40. The second kappa shape index (κ2) is 7.37. The standard InChI is InChI=1S/C19H24FN/c1-4-21-19(18-13-17(20)10-8-15(18)3)11-9-16-7-5-6-14(2)12-16/h5-8,10,12-13,19,21H,4,9,11H2,1-3H3. The molecule has 21 heavy (non-hydrogen) atoms. The van der Waals surface area contributed by atoms with Gasteiger partial charge in [0.05, 0.1) is 0 Å². The van der Waals surface area contributed by atoms with Crippen LogP contribution >= 0.6 is 0 Å². The molecule has 1 unspecified atom stereocenters. The average Bonchev–Trinajstić information content (AvgIpc) is 2.46. The van der Waals surface area contributed by atoms with Crippen LogP contribution in [0.25, 0.3) is 0 Å². The van der Waals surface area contributed by atoms with E-state index in [2.05, 4.69) is 43.4 Å². The molecule has 1 atom stereocenters. The molecule has 0 amide bonds. The van der Waals surface area contributed by atoms with Crippen LogP contribution in [0.5, 0.6) is 0 Å². The van der Waals surface area contributed by atoms with Crippen LogP contribution < -0.4 is 5.32 Å². The summed E-state index contributed by atoms with van der Waals surface area (Å²) in [5.74, 6) is -0.158. The van der Waals surface area contributed by atoms with Crippen molar-refractivity contribution in [3.05, 3.63) is 70.5 Å². The molecular weight excluding hydrogens is 261 g/mol. The normalized spacial score (nSPS) is 12.4. The Balaban J connectivity index is 2.13. The monoisotopic (exact) mass is 285 g/mol. The van der Waals surface area contributed by atoms with Gasteiger partial charge in [-0.25, -0.2) is 4.39 Å². The highest BCUT2D eigenvalue weighted by molar-refractivity contribution is 5.30. The minimum absolute atomic E-state index is 0.158. The second-order valence-corrected chi connectivity index (χ2v) is 5.64. The number of halogens is 1. The van der Waals surface area contributed by atoms with Crippen LogP contribution in [-0.2, 0) is 6.42 Å². The Hall–Kier alpha value is -1.67. The van der Waals surface area contributed by atoms with Gasteiger partial charge in [0.15, 0.2) is 0 Å². The lowest BCUT2D eigenvalue weighted by Crippen LogP contribution is -2.22. The van der Waals surface area contributed by atoms with Crippen LogP contribution in [0, 0.1) is 19.7 Å². The first-order valence-corrected chi connectivity index (χ1v) is 7.65. The number of nitrogens with one attached hydrogen (secondary N) is 1. The molecule has 1 nitrogen and oxygen atoms in total. The Labute approximate surface area is 127 Å². The van der Waals surface area contributed by atoms with E-state index in [0.717, 1.165) is 30.5 Å². The fraction of sp³-hybridized carbons (Fsp3) is 0.368. The fourth-order valence-electron chi connectivity index (χ4n) is 2.78. The van der Waals surface area contributed by atoms with Gasteiger partial charge in [-0.05, 0) is 62.1 Å². The van der Waals surface area contributed by atoms with E-state index in [1.54, 1.807) is 6.07 Å². The molecule has 1 N–H and O–H groups in total. The van der Waals surface area contributed by atoms with Crippen molar-refractivity contribution in [1.82, 2.24) is 5.32 Å². The second-order valence-electron chi connectivity index (χ2n) is 5.64. The predicted molar refractivity (Wildman–Crippen MR) is 87.1 cm³/mol. The van der Waals surface area contributed by atoms with E-state index in [-0.39, 0.29) is 11.9 Å². The van der Waals surface area contributed by atoms with Crippen molar-refractivity contribution < 1.29 is 4.39 Å². The molecule has 0 aromatic heterocycles. The van der Waals surface area contributed by atoms with Gasteiger partial charge in [-0.15, -0.1) is 0 Å². The van der Waals surface area contributed by atoms with E-state index in [0.29, 0.717) is 0 Å². The zero-order chi connectivity index (χ0) is 15.2. The first-order chi connectivity index (χ1) is 10.1. The zero-order valence-electron chi connectivity index (χ0n) is 13.1. The van der Waals surface area contributed by atoms with Crippen LogP contribution in [-0.4, -0.2) is 6.54 Å². The van der Waals surface area contributed by atoms with E-state index in [9.17, 15) is 4.39 Å². The molecular formula is C19H24FN. The molecule has 0 bridgehead atoms. The fourth-order valence-corrected chi connectivity index (χ4v) is 2.78. The van der Waals surface area contributed by atoms with Gasteiger partial charge in [0, 0.05) is 6.04 Å². The number of benzene rings is 2. The summed E-state index contributed by atoms with van der Waals surface area (Å²) in [5.41, 5.74) is 4.84. The summed E-state index contributed by atoms with van der Waals surface area (Å²) in [6.45, 7) is 7.14. The lowest BCUT2D eigenvalue weighted by Gasteiger charge is -2.20. The topological polar surface area (TPSA) is 12.0 Å². The molecule has 2 rings (SSSR count). The lowest BCUT2D eigenvalue weighted by molar-refractivity contribution is 0.508. The zero-order valence-corrected chi connectivity index (χ0v) is 13.1. The molecule has 112 valence electrons. The van der Waals surface area contributed by atoms with Gasteiger partial charge < -0.3 is 5.32 Å². The van der Waals surface area contributed by atoms with E-state index in [1.807, 2.05) is 13.0 Å². The van der Waals surface area contributed by atoms with Crippen LogP contribution in [0.1, 0.15) is 41.6 Å². The minimum Gasteiger partial charge on any atom is -0.310 e. The Morgan fingerprint density at radius 2 is 1.90 bits per heavy atom. The van der Waals surface area contributed by atoms with Crippen LogP contribution in [0.4, 0.5) is 4.39 Å². The number of hydrogen-bond acceptors (Lipinski definition) is 1. The summed E-state index contributed by atoms with van der Waals surface area (Å²) >= 11 is 0. The first-order valence-electron chi connectivity index (χ1n) is 7.65. The van der Waals surface area contributed by atoms with E-state index < -0.39 is 0 Å². The van der Waals surface area contributed by atoms with Gasteiger partial charge in [-0.3, -0.25) is 0 Å². The predicted octanol–water partition coefficient (Wildman–Crippen LogP) is 4.73. The smallest absolute Gasteiger partial charge is 0.123 e. The van der Waals surface area contributed by atoms with Crippen LogP contribution in [0.2, 0.25) is 0 Å². The van der Waals surface area contributed by atoms with Crippen molar-refractivity contribution in [2.24, 2.45) is 0 Å². The Bertz CT molecular complexity index is 592. The van der Waals surface area contributed by atoms with Gasteiger partial charge in [0.2, 0.25) is 0 Å². The summed E-state index contributed by atoms with van der Waals surface area (Å²) in [7, 11) is 0. The molecule has 0 radical (unpaired) electrons. The van der Waals surface area contributed by atoms with Crippen LogP contribution in [0.15, 0.2) is 42.5 Å². The van der Waals surface area contributed by atoms with Crippen molar-refractivity contribution in [2.45, 2.75) is 39.7 Å². The third-order valence-corrected chi connectivity index (χ3v) is 3.87. The molecule has 2 aromatic rings. The van der Waals surface area contributed by atoms with Gasteiger partial charge in [-0.2, -0.15) is 0 Å². The quantitative estimate of drug-likeness (QED) is 0.809. The van der Waals surface area contributed by atoms with Crippen molar-refractivity contribution in [2.75, 3.05) is 6.54 Å². The molecule has 0 spiro atoms. The molecule has 0 aliphatic carbocycles.